The highest BCUT2D eigenvalue weighted by Crippen LogP contribution is 2.85. The van der Waals surface area contributed by atoms with Crippen molar-refractivity contribution in [3.05, 3.63) is 23.3 Å². The molecule has 1 spiro atoms. The highest BCUT2D eigenvalue weighted by molar-refractivity contribution is 5.97. The van der Waals surface area contributed by atoms with Gasteiger partial charge in [-0.15, -0.1) is 0 Å². The van der Waals surface area contributed by atoms with Gasteiger partial charge < -0.3 is 4.74 Å². The Morgan fingerprint density at radius 3 is 2.52 bits per heavy atom. The minimum atomic E-state index is -0.574. The minimum absolute atomic E-state index is 0.0616. The van der Waals surface area contributed by atoms with Crippen molar-refractivity contribution < 1.29 is 14.3 Å². The van der Waals surface area contributed by atoms with Gasteiger partial charge >= 0.3 is 11.9 Å². The maximum Gasteiger partial charge on any atom is 0.341 e. The van der Waals surface area contributed by atoms with Crippen molar-refractivity contribution in [2.45, 2.75) is 80.1 Å². The van der Waals surface area contributed by atoms with E-state index in [9.17, 15) is 9.59 Å². The second-order valence-corrected chi connectivity index (χ2v) is 11.6. The molecule has 3 heteroatoms. The second kappa shape index (κ2) is 5.65. The van der Waals surface area contributed by atoms with Crippen molar-refractivity contribution in [1.29, 1.82) is 0 Å². The van der Waals surface area contributed by atoms with Gasteiger partial charge in [-0.05, 0) is 92.8 Å². The monoisotopic (exact) mass is 396 g/mol. The average molecular weight is 397 g/mol. The van der Waals surface area contributed by atoms with E-state index in [4.69, 9.17) is 4.74 Å². The smallest absolute Gasteiger partial charge is 0.341 e. The summed E-state index contributed by atoms with van der Waals surface area (Å²) in [7, 11) is 0. The number of hydrogen-bond acceptors (Lipinski definition) is 3. The molecule has 29 heavy (non-hydrogen) atoms. The summed E-state index contributed by atoms with van der Waals surface area (Å²) >= 11 is 0. The standard InChI is InChI=1S/C26H36O3/c1-7-15(2)21(27)29-22(28)24(5)11-8-10-23(4)19(24)9-12-26-14-18-17(13-20(23)26)25(18,6)16(26)3/h7,13,16-19H,8-12,14H2,1-6H3. The van der Waals surface area contributed by atoms with E-state index in [1.807, 2.05) is 0 Å². The normalized spacial score (nSPS) is 52.2. The number of fused-ring (bicyclic) bond motifs is 1. The van der Waals surface area contributed by atoms with Crippen molar-refractivity contribution in [2.75, 3.05) is 0 Å². The fraction of sp³-hybridized carbons (Fsp3) is 0.769. The molecule has 3 nitrogen and oxygen atoms in total. The number of ether oxygens (including phenoxy) is 1. The molecule has 0 aromatic carbocycles. The zero-order valence-corrected chi connectivity index (χ0v) is 18.9. The summed E-state index contributed by atoms with van der Waals surface area (Å²) in [6.07, 6.45) is 11.0. The van der Waals surface area contributed by atoms with Crippen LogP contribution in [0.4, 0.5) is 0 Å². The van der Waals surface area contributed by atoms with E-state index in [0.29, 0.717) is 16.4 Å². The lowest BCUT2D eigenvalue weighted by atomic mass is 9.41. The lowest BCUT2D eigenvalue weighted by Gasteiger charge is -2.62. The summed E-state index contributed by atoms with van der Waals surface area (Å²) in [5.41, 5.74) is 2.56. The molecule has 0 aliphatic heterocycles. The first-order valence-corrected chi connectivity index (χ1v) is 11.7. The molecule has 158 valence electrons. The zero-order chi connectivity index (χ0) is 21.0. The lowest BCUT2D eigenvalue weighted by Crippen LogP contribution is -2.57. The third-order valence-corrected chi connectivity index (χ3v) is 10.9. The third-order valence-electron chi connectivity index (χ3n) is 10.9. The maximum atomic E-state index is 13.3. The minimum Gasteiger partial charge on any atom is -0.389 e. The summed E-state index contributed by atoms with van der Waals surface area (Å²) in [6, 6.07) is 0. The second-order valence-electron chi connectivity index (χ2n) is 11.6. The molecule has 4 fully saturated rings. The molecule has 8 unspecified atom stereocenters. The first kappa shape index (κ1) is 19.6. The predicted octanol–water partition coefficient (Wildman–Crippen LogP) is 5.85. The average Bonchev–Trinajstić information content (AvgIpc) is 3.22. The Balaban J connectivity index is 1.50. The number of esters is 2. The van der Waals surface area contributed by atoms with Gasteiger partial charge in [-0.3, -0.25) is 4.79 Å². The topological polar surface area (TPSA) is 43.4 Å². The Bertz CT molecular complexity index is 867. The predicted molar refractivity (Wildman–Crippen MR) is 113 cm³/mol. The van der Waals surface area contributed by atoms with Gasteiger partial charge in [0.25, 0.3) is 0 Å². The molecule has 8 atom stereocenters. The molecule has 6 aliphatic carbocycles. The van der Waals surface area contributed by atoms with Crippen LogP contribution in [-0.2, 0) is 14.3 Å². The SMILES string of the molecule is CC=C(C)C(=O)OC(=O)C1(C)CCCC2(C)C3=CC4C5CC3(CCC12)C(C)C45C. The fourth-order valence-corrected chi connectivity index (χ4v) is 8.86. The molecule has 4 bridgehead atoms. The van der Waals surface area contributed by atoms with Crippen molar-refractivity contribution in [2.24, 2.45) is 45.3 Å². The third kappa shape index (κ3) is 2.10. The zero-order valence-electron chi connectivity index (χ0n) is 18.9. The highest BCUT2D eigenvalue weighted by Gasteiger charge is 2.79. The van der Waals surface area contributed by atoms with Gasteiger partial charge in [0, 0.05) is 5.57 Å². The van der Waals surface area contributed by atoms with Crippen LogP contribution in [0.15, 0.2) is 23.3 Å². The molecule has 6 rings (SSSR count). The lowest BCUT2D eigenvalue weighted by molar-refractivity contribution is -0.175. The van der Waals surface area contributed by atoms with E-state index < -0.39 is 11.4 Å². The molecule has 0 amide bonds. The number of carbonyl (C=O) groups is 2. The fourth-order valence-electron chi connectivity index (χ4n) is 8.86. The molecule has 0 aromatic heterocycles. The summed E-state index contributed by atoms with van der Waals surface area (Å²) in [5, 5.41) is 0. The van der Waals surface area contributed by atoms with Crippen molar-refractivity contribution >= 4 is 11.9 Å². The number of carbonyl (C=O) groups excluding carboxylic acids is 2. The highest BCUT2D eigenvalue weighted by atomic mass is 16.6. The van der Waals surface area contributed by atoms with Gasteiger partial charge in [0.1, 0.15) is 0 Å². The van der Waals surface area contributed by atoms with E-state index >= 15 is 0 Å². The molecule has 6 aliphatic rings. The molecule has 0 saturated heterocycles. The Hall–Kier alpha value is -1.38. The van der Waals surface area contributed by atoms with Gasteiger partial charge in [0.15, 0.2) is 0 Å². The van der Waals surface area contributed by atoms with Gasteiger partial charge in [-0.1, -0.05) is 44.9 Å². The van der Waals surface area contributed by atoms with Crippen LogP contribution < -0.4 is 0 Å². The quantitative estimate of drug-likeness (QED) is 0.255. The molecule has 4 saturated carbocycles. The van der Waals surface area contributed by atoms with E-state index in [0.717, 1.165) is 43.4 Å². The van der Waals surface area contributed by atoms with Gasteiger partial charge in [0.05, 0.1) is 5.41 Å². The van der Waals surface area contributed by atoms with Crippen LogP contribution in [0, 0.1) is 45.3 Å². The van der Waals surface area contributed by atoms with Crippen LogP contribution >= 0.6 is 0 Å². The first-order chi connectivity index (χ1) is 13.6. The molecule has 0 heterocycles. The van der Waals surface area contributed by atoms with Crippen LogP contribution in [0.3, 0.4) is 0 Å². The van der Waals surface area contributed by atoms with Crippen LogP contribution in [0.25, 0.3) is 0 Å². The van der Waals surface area contributed by atoms with E-state index in [1.54, 1.807) is 25.5 Å². The first-order valence-electron chi connectivity index (χ1n) is 11.7. The largest absolute Gasteiger partial charge is 0.389 e. The van der Waals surface area contributed by atoms with Gasteiger partial charge in [0.2, 0.25) is 0 Å². The molecule has 0 aromatic rings. The van der Waals surface area contributed by atoms with Crippen molar-refractivity contribution in [1.82, 2.24) is 0 Å². The number of allylic oxidation sites excluding steroid dienone is 3. The van der Waals surface area contributed by atoms with E-state index in [2.05, 4.69) is 33.8 Å². The summed E-state index contributed by atoms with van der Waals surface area (Å²) in [6.45, 7) is 13.0. The Morgan fingerprint density at radius 2 is 1.90 bits per heavy atom. The van der Waals surface area contributed by atoms with E-state index in [-0.39, 0.29) is 17.3 Å². The maximum absolute atomic E-state index is 13.3. The Labute approximate surface area is 175 Å². The van der Waals surface area contributed by atoms with Crippen LogP contribution in [0.2, 0.25) is 0 Å². The number of rotatable bonds is 2. The summed E-state index contributed by atoms with van der Waals surface area (Å²) in [4.78, 5) is 25.6. The van der Waals surface area contributed by atoms with Crippen molar-refractivity contribution in [3.63, 3.8) is 0 Å². The molecular formula is C26H36O3. The molecular weight excluding hydrogens is 360 g/mol. The van der Waals surface area contributed by atoms with Crippen LogP contribution in [0.1, 0.15) is 80.1 Å². The van der Waals surface area contributed by atoms with Gasteiger partial charge in [-0.25, -0.2) is 4.79 Å². The number of hydrogen-bond donors (Lipinski definition) is 0. The summed E-state index contributed by atoms with van der Waals surface area (Å²) in [5.74, 6) is 1.87. The Morgan fingerprint density at radius 1 is 1.17 bits per heavy atom. The Kier molecular flexibility index (Phi) is 3.81. The van der Waals surface area contributed by atoms with E-state index in [1.165, 1.54) is 12.8 Å². The van der Waals surface area contributed by atoms with Crippen molar-refractivity contribution in [3.8, 4) is 0 Å². The van der Waals surface area contributed by atoms with Crippen LogP contribution in [-0.4, -0.2) is 11.9 Å². The van der Waals surface area contributed by atoms with Crippen LogP contribution in [0.5, 0.6) is 0 Å². The molecule has 0 N–H and O–H groups in total. The van der Waals surface area contributed by atoms with Gasteiger partial charge in [-0.2, -0.15) is 0 Å². The molecule has 0 radical (unpaired) electrons. The summed E-state index contributed by atoms with van der Waals surface area (Å²) < 4.78 is 5.41.